The number of benzene rings is 1. The van der Waals surface area contributed by atoms with Gasteiger partial charge in [0.05, 0.1) is 13.7 Å². The van der Waals surface area contributed by atoms with Crippen molar-refractivity contribution >= 4 is 23.2 Å². The van der Waals surface area contributed by atoms with Crippen molar-refractivity contribution < 1.29 is 19.2 Å². The van der Waals surface area contributed by atoms with E-state index in [2.05, 4.69) is 10.5 Å². The van der Waals surface area contributed by atoms with E-state index in [9.17, 15) is 9.59 Å². The van der Waals surface area contributed by atoms with Gasteiger partial charge in [0, 0.05) is 24.6 Å². The summed E-state index contributed by atoms with van der Waals surface area (Å²) in [6, 6.07) is 7.12. The van der Waals surface area contributed by atoms with Crippen LogP contribution in [-0.2, 0) is 14.4 Å². The van der Waals surface area contributed by atoms with Crippen LogP contribution in [-0.4, -0.2) is 48.2 Å². The predicted octanol–water partition coefficient (Wildman–Crippen LogP) is 2.18. The first-order valence-electron chi connectivity index (χ1n) is 9.08. The Morgan fingerprint density at radius 2 is 2.08 bits per heavy atom. The fraction of sp³-hybridized carbons (Fsp3) is 0.526. The van der Waals surface area contributed by atoms with Crippen LogP contribution in [0.2, 0.25) is 0 Å². The number of anilines is 1. The van der Waals surface area contributed by atoms with E-state index in [-0.39, 0.29) is 17.7 Å². The minimum atomic E-state index is -0.546. The molecule has 1 aliphatic carbocycles. The number of hydrogen-bond acceptors (Lipinski definition) is 5. The minimum Gasteiger partial charge on any atom is -0.497 e. The molecule has 7 nitrogen and oxygen atoms in total. The van der Waals surface area contributed by atoms with Crippen molar-refractivity contribution in [3.05, 3.63) is 24.3 Å². The number of likely N-dealkylation sites (tertiary alicyclic amines) is 1. The van der Waals surface area contributed by atoms with E-state index in [4.69, 9.17) is 9.57 Å². The molecule has 2 fully saturated rings. The van der Waals surface area contributed by atoms with Crippen LogP contribution in [0.1, 0.15) is 32.1 Å². The highest BCUT2D eigenvalue weighted by Gasteiger charge is 2.47. The molecule has 1 saturated carbocycles. The maximum Gasteiger partial charge on any atom is 0.273 e. The van der Waals surface area contributed by atoms with Gasteiger partial charge in [-0.2, -0.15) is 0 Å². The van der Waals surface area contributed by atoms with Crippen LogP contribution in [0.15, 0.2) is 29.4 Å². The zero-order valence-electron chi connectivity index (χ0n) is 14.9. The topological polar surface area (TPSA) is 80.2 Å². The minimum absolute atomic E-state index is 0.199. The second kappa shape index (κ2) is 6.63. The average molecular weight is 357 g/mol. The number of carbonyl (C=O) groups is 2. The molecule has 138 valence electrons. The molecule has 4 rings (SSSR count). The Bertz CT molecular complexity index is 742. The Kier molecular flexibility index (Phi) is 4.30. The first-order valence-corrected chi connectivity index (χ1v) is 9.08. The second-order valence-electron chi connectivity index (χ2n) is 7.31. The van der Waals surface area contributed by atoms with E-state index in [0.29, 0.717) is 24.4 Å². The number of ether oxygens (including phenoxy) is 1. The molecule has 2 amide bonds. The molecule has 1 saturated heterocycles. The van der Waals surface area contributed by atoms with Gasteiger partial charge in [-0.15, -0.1) is 0 Å². The SMILES string of the molecule is COc1ccc(NC(=O)C2=NOC3(CCCN(C(=O)C4CC4)C3)C2)cc1. The second-order valence-corrected chi connectivity index (χ2v) is 7.31. The van der Waals surface area contributed by atoms with Crippen molar-refractivity contribution in [1.29, 1.82) is 0 Å². The standard InChI is InChI=1S/C19H23N3O4/c1-25-15-7-5-14(6-8-15)20-17(23)16-11-19(26-21-16)9-2-10-22(12-19)18(24)13-3-4-13/h5-8,13H,2-4,9-12H2,1H3,(H,20,23). The molecular formula is C19H23N3O4. The Morgan fingerprint density at radius 3 is 2.77 bits per heavy atom. The lowest BCUT2D eigenvalue weighted by Gasteiger charge is -2.38. The Morgan fingerprint density at radius 1 is 1.31 bits per heavy atom. The van der Waals surface area contributed by atoms with Gasteiger partial charge in [0.1, 0.15) is 11.5 Å². The summed E-state index contributed by atoms with van der Waals surface area (Å²) >= 11 is 0. The van der Waals surface area contributed by atoms with E-state index in [1.807, 2.05) is 4.90 Å². The van der Waals surface area contributed by atoms with Crippen molar-refractivity contribution in [3.8, 4) is 5.75 Å². The van der Waals surface area contributed by atoms with Gasteiger partial charge in [-0.25, -0.2) is 0 Å². The number of piperidine rings is 1. The average Bonchev–Trinajstić information content (AvgIpc) is 3.44. The molecule has 26 heavy (non-hydrogen) atoms. The summed E-state index contributed by atoms with van der Waals surface area (Å²) in [5.74, 6) is 0.887. The summed E-state index contributed by atoms with van der Waals surface area (Å²) in [4.78, 5) is 32.4. The number of oxime groups is 1. The lowest BCUT2D eigenvalue weighted by molar-refractivity contribution is -0.141. The molecule has 1 aromatic carbocycles. The maximum atomic E-state index is 12.5. The molecule has 7 heteroatoms. The number of nitrogens with zero attached hydrogens (tertiary/aromatic N) is 2. The monoisotopic (exact) mass is 357 g/mol. The summed E-state index contributed by atoms with van der Waals surface area (Å²) in [6.07, 6.45) is 4.11. The van der Waals surface area contributed by atoms with E-state index >= 15 is 0 Å². The van der Waals surface area contributed by atoms with Crippen LogP contribution < -0.4 is 10.1 Å². The highest BCUT2D eigenvalue weighted by atomic mass is 16.7. The van der Waals surface area contributed by atoms with E-state index in [1.54, 1.807) is 31.4 Å². The predicted molar refractivity (Wildman–Crippen MR) is 96.0 cm³/mol. The molecule has 0 bridgehead atoms. The van der Waals surface area contributed by atoms with Crippen LogP contribution in [0.4, 0.5) is 5.69 Å². The van der Waals surface area contributed by atoms with E-state index < -0.39 is 5.60 Å². The third kappa shape index (κ3) is 3.38. The van der Waals surface area contributed by atoms with Gasteiger partial charge in [-0.05, 0) is 49.9 Å². The highest BCUT2D eigenvalue weighted by Crippen LogP contribution is 2.37. The lowest BCUT2D eigenvalue weighted by atomic mass is 9.88. The fourth-order valence-electron chi connectivity index (χ4n) is 3.61. The Labute approximate surface area is 152 Å². The maximum absolute atomic E-state index is 12.5. The van der Waals surface area contributed by atoms with Gasteiger partial charge in [0.25, 0.3) is 5.91 Å². The summed E-state index contributed by atoms with van der Waals surface area (Å²) in [5.41, 5.74) is 0.505. The summed E-state index contributed by atoms with van der Waals surface area (Å²) in [6.45, 7) is 1.29. The third-order valence-corrected chi connectivity index (χ3v) is 5.23. The molecule has 1 aromatic rings. The van der Waals surface area contributed by atoms with Gasteiger partial charge in [0.15, 0.2) is 5.60 Å². The van der Waals surface area contributed by atoms with Gasteiger partial charge >= 0.3 is 0 Å². The number of nitrogens with one attached hydrogen (secondary N) is 1. The van der Waals surface area contributed by atoms with Crippen LogP contribution >= 0.6 is 0 Å². The number of amides is 2. The van der Waals surface area contributed by atoms with Crippen molar-refractivity contribution in [1.82, 2.24) is 4.90 Å². The summed E-state index contributed by atoms with van der Waals surface area (Å²) in [7, 11) is 1.60. The Balaban J connectivity index is 1.37. The van der Waals surface area contributed by atoms with Crippen molar-refractivity contribution in [2.24, 2.45) is 11.1 Å². The Hall–Kier alpha value is -2.57. The largest absolute Gasteiger partial charge is 0.497 e. The lowest BCUT2D eigenvalue weighted by Crippen LogP contribution is -2.51. The van der Waals surface area contributed by atoms with Crippen molar-refractivity contribution in [3.63, 3.8) is 0 Å². The zero-order chi connectivity index (χ0) is 18.1. The molecule has 1 atom stereocenters. The highest BCUT2D eigenvalue weighted by molar-refractivity contribution is 6.43. The first kappa shape index (κ1) is 16.9. The summed E-state index contributed by atoms with van der Waals surface area (Å²) < 4.78 is 5.11. The number of hydrogen-bond donors (Lipinski definition) is 1. The molecule has 3 aliphatic rings. The quantitative estimate of drug-likeness (QED) is 0.896. The van der Waals surface area contributed by atoms with Gasteiger partial charge < -0.3 is 19.8 Å². The molecule has 0 aromatic heterocycles. The van der Waals surface area contributed by atoms with Crippen LogP contribution in [0.5, 0.6) is 5.75 Å². The number of carbonyl (C=O) groups excluding carboxylic acids is 2. The smallest absolute Gasteiger partial charge is 0.273 e. The van der Waals surface area contributed by atoms with E-state index in [1.165, 1.54) is 0 Å². The molecule has 1 spiro atoms. The van der Waals surface area contributed by atoms with Crippen LogP contribution in [0.3, 0.4) is 0 Å². The zero-order valence-corrected chi connectivity index (χ0v) is 14.9. The fourth-order valence-corrected chi connectivity index (χ4v) is 3.61. The molecule has 0 radical (unpaired) electrons. The third-order valence-electron chi connectivity index (χ3n) is 5.23. The molecule has 1 N–H and O–H groups in total. The van der Waals surface area contributed by atoms with Crippen LogP contribution in [0.25, 0.3) is 0 Å². The molecular weight excluding hydrogens is 334 g/mol. The first-order chi connectivity index (χ1) is 12.6. The van der Waals surface area contributed by atoms with Gasteiger partial charge in [0.2, 0.25) is 5.91 Å². The van der Waals surface area contributed by atoms with Crippen molar-refractivity contribution in [2.45, 2.75) is 37.7 Å². The van der Waals surface area contributed by atoms with Gasteiger partial charge in [-0.3, -0.25) is 9.59 Å². The van der Waals surface area contributed by atoms with Crippen LogP contribution in [0, 0.1) is 5.92 Å². The van der Waals surface area contributed by atoms with Crippen molar-refractivity contribution in [2.75, 3.05) is 25.5 Å². The number of rotatable bonds is 4. The molecule has 1 unspecified atom stereocenters. The molecule has 2 aliphatic heterocycles. The summed E-state index contributed by atoms with van der Waals surface area (Å²) in [5, 5.41) is 6.87. The van der Waals surface area contributed by atoms with Gasteiger partial charge in [-0.1, -0.05) is 5.16 Å². The van der Waals surface area contributed by atoms with E-state index in [0.717, 1.165) is 38.0 Å². The number of methoxy groups -OCH3 is 1. The molecule has 2 heterocycles. The normalized spacial score (nSPS) is 24.8.